The van der Waals surface area contributed by atoms with Crippen molar-refractivity contribution in [1.82, 2.24) is 9.97 Å². The van der Waals surface area contributed by atoms with E-state index >= 15 is 0 Å². The molecule has 1 aromatic rings. The summed E-state index contributed by atoms with van der Waals surface area (Å²) >= 11 is 0. The molecule has 2 heterocycles. The van der Waals surface area contributed by atoms with Crippen molar-refractivity contribution in [3.63, 3.8) is 0 Å². The zero-order valence-electron chi connectivity index (χ0n) is 8.75. The molecule has 2 N–H and O–H groups in total. The standard InChI is InChI=1S/C10H15N3O2/c1-10(3-2-4-15-10)6-11-8-5-9(14)13-7-12-8/h5,7H,2-4,6H2,1H3,(H2,11,12,13,14). The fourth-order valence-corrected chi connectivity index (χ4v) is 1.72. The van der Waals surface area contributed by atoms with Gasteiger partial charge in [0.1, 0.15) is 5.82 Å². The summed E-state index contributed by atoms with van der Waals surface area (Å²) in [6.07, 6.45) is 3.53. The molecule has 0 aliphatic carbocycles. The van der Waals surface area contributed by atoms with Crippen LogP contribution in [0.4, 0.5) is 5.82 Å². The van der Waals surface area contributed by atoms with Gasteiger partial charge in [0.25, 0.3) is 5.56 Å². The Labute approximate surface area is 87.9 Å². The first-order chi connectivity index (χ1) is 7.18. The SMILES string of the molecule is CC1(CNc2cc(=O)[nH]cn2)CCCO1. The average Bonchev–Trinajstić information content (AvgIpc) is 2.63. The summed E-state index contributed by atoms with van der Waals surface area (Å²) in [4.78, 5) is 17.5. The summed E-state index contributed by atoms with van der Waals surface area (Å²) in [5.41, 5.74) is -0.269. The number of anilines is 1. The molecule has 1 fully saturated rings. The number of aromatic nitrogens is 2. The van der Waals surface area contributed by atoms with E-state index in [0.29, 0.717) is 12.4 Å². The monoisotopic (exact) mass is 209 g/mol. The fraction of sp³-hybridized carbons (Fsp3) is 0.600. The van der Waals surface area contributed by atoms with Gasteiger partial charge in [0, 0.05) is 19.2 Å². The molecule has 1 aliphatic heterocycles. The predicted molar refractivity (Wildman–Crippen MR) is 56.9 cm³/mol. The van der Waals surface area contributed by atoms with Crippen LogP contribution in [0, 0.1) is 0 Å². The molecule has 0 radical (unpaired) electrons. The van der Waals surface area contributed by atoms with E-state index in [1.165, 1.54) is 12.4 Å². The number of hydrogen-bond acceptors (Lipinski definition) is 4. The van der Waals surface area contributed by atoms with E-state index in [1.807, 2.05) is 0 Å². The van der Waals surface area contributed by atoms with Crippen molar-refractivity contribution >= 4 is 5.82 Å². The molecule has 0 spiro atoms. The molecule has 1 aromatic heterocycles. The smallest absolute Gasteiger partial charge is 0.252 e. The second kappa shape index (κ2) is 4.02. The normalized spacial score (nSPS) is 25.4. The second-order valence-corrected chi connectivity index (χ2v) is 4.05. The van der Waals surface area contributed by atoms with Gasteiger partial charge in [-0.2, -0.15) is 0 Å². The van der Waals surface area contributed by atoms with Crippen molar-refractivity contribution in [1.29, 1.82) is 0 Å². The summed E-state index contributed by atoms with van der Waals surface area (Å²) in [6.45, 7) is 3.57. The largest absolute Gasteiger partial charge is 0.373 e. The molecule has 0 aromatic carbocycles. The van der Waals surface area contributed by atoms with Crippen molar-refractivity contribution in [3.05, 3.63) is 22.7 Å². The van der Waals surface area contributed by atoms with Crippen LogP contribution in [0.3, 0.4) is 0 Å². The highest BCUT2D eigenvalue weighted by Crippen LogP contribution is 2.24. The maximum atomic E-state index is 11.0. The van der Waals surface area contributed by atoms with Crippen LogP contribution in [0.2, 0.25) is 0 Å². The first-order valence-corrected chi connectivity index (χ1v) is 5.11. The van der Waals surface area contributed by atoms with Crippen LogP contribution in [0.25, 0.3) is 0 Å². The number of hydrogen-bond donors (Lipinski definition) is 2. The lowest BCUT2D eigenvalue weighted by atomic mass is 10.0. The molecule has 0 saturated carbocycles. The minimum absolute atomic E-state index is 0.121. The highest BCUT2D eigenvalue weighted by Gasteiger charge is 2.29. The second-order valence-electron chi connectivity index (χ2n) is 4.05. The third kappa shape index (κ3) is 2.56. The number of aromatic amines is 1. The molecule has 1 unspecified atom stereocenters. The third-order valence-corrected chi connectivity index (χ3v) is 2.62. The number of rotatable bonds is 3. The molecule has 1 aliphatic rings. The van der Waals surface area contributed by atoms with E-state index in [1.54, 1.807) is 0 Å². The number of ether oxygens (including phenoxy) is 1. The molecule has 5 nitrogen and oxygen atoms in total. The lowest BCUT2D eigenvalue weighted by Crippen LogP contribution is -2.33. The minimum atomic E-state index is -0.148. The van der Waals surface area contributed by atoms with Crippen LogP contribution in [0.1, 0.15) is 19.8 Å². The lowest BCUT2D eigenvalue weighted by molar-refractivity contribution is 0.0315. The molecular formula is C10H15N3O2. The Bertz CT molecular complexity index is 382. The van der Waals surface area contributed by atoms with Crippen molar-refractivity contribution in [3.8, 4) is 0 Å². The lowest BCUT2D eigenvalue weighted by Gasteiger charge is -2.23. The van der Waals surface area contributed by atoms with E-state index < -0.39 is 0 Å². The Hall–Kier alpha value is -1.36. The van der Waals surface area contributed by atoms with Gasteiger partial charge in [-0.25, -0.2) is 4.98 Å². The number of nitrogens with zero attached hydrogens (tertiary/aromatic N) is 1. The zero-order valence-corrected chi connectivity index (χ0v) is 8.75. The topological polar surface area (TPSA) is 67.0 Å². The van der Waals surface area contributed by atoms with Crippen LogP contribution in [0.5, 0.6) is 0 Å². The zero-order chi connectivity index (χ0) is 10.7. The van der Waals surface area contributed by atoms with Gasteiger partial charge in [-0.15, -0.1) is 0 Å². The van der Waals surface area contributed by atoms with Gasteiger partial charge < -0.3 is 15.0 Å². The van der Waals surface area contributed by atoms with Gasteiger partial charge in [-0.05, 0) is 19.8 Å². The highest BCUT2D eigenvalue weighted by molar-refractivity contribution is 5.32. The molecule has 2 rings (SSSR count). The summed E-state index contributed by atoms with van der Waals surface area (Å²) in [5, 5.41) is 3.11. The summed E-state index contributed by atoms with van der Waals surface area (Å²) in [5.74, 6) is 0.593. The molecular weight excluding hydrogens is 194 g/mol. The predicted octanol–water partition coefficient (Wildman–Crippen LogP) is 0.751. The molecule has 0 bridgehead atoms. The fourth-order valence-electron chi connectivity index (χ4n) is 1.72. The maximum Gasteiger partial charge on any atom is 0.252 e. The summed E-state index contributed by atoms with van der Waals surface area (Å²) in [6, 6.07) is 1.44. The third-order valence-electron chi connectivity index (χ3n) is 2.62. The maximum absolute atomic E-state index is 11.0. The van der Waals surface area contributed by atoms with Gasteiger partial charge in [-0.3, -0.25) is 4.79 Å². The van der Waals surface area contributed by atoms with Crippen molar-refractivity contribution in [2.24, 2.45) is 0 Å². The van der Waals surface area contributed by atoms with Crippen LogP contribution in [0.15, 0.2) is 17.2 Å². The Balaban J connectivity index is 1.95. The van der Waals surface area contributed by atoms with Crippen LogP contribution >= 0.6 is 0 Å². The van der Waals surface area contributed by atoms with E-state index in [-0.39, 0.29) is 11.2 Å². The Morgan fingerprint density at radius 1 is 1.73 bits per heavy atom. The van der Waals surface area contributed by atoms with Gasteiger partial charge in [-0.1, -0.05) is 0 Å². The van der Waals surface area contributed by atoms with E-state index in [0.717, 1.165) is 19.4 Å². The molecule has 0 amide bonds. The van der Waals surface area contributed by atoms with E-state index in [2.05, 4.69) is 22.2 Å². The Kier molecular flexibility index (Phi) is 2.73. The van der Waals surface area contributed by atoms with Gasteiger partial charge in [0.15, 0.2) is 0 Å². The van der Waals surface area contributed by atoms with Crippen LogP contribution in [-0.2, 0) is 4.74 Å². The first kappa shape index (κ1) is 10.2. The van der Waals surface area contributed by atoms with E-state index in [9.17, 15) is 4.79 Å². The summed E-state index contributed by atoms with van der Waals surface area (Å²) < 4.78 is 5.62. The van der Waals surface area contributed by atoms with Crippen LogP contribution < -0.4 is 10.9 Å². The van der Waals surface area contributed by atoms with Crippen LogP contribution in [-0.4, -0.2) is 28.7 Å². The van der Waals surface area contributed by atoms with Crippen molar-refractivity contribution in [2.75, 3.05) is 18.5 Å². The molecule has 5 heteroatoms. The Morgan fingerprint density at radius 2 is 2.60 bits per heavy atom. The van der Waals surface area contributed by atoms with Gasteiger partial charge in [0.05, 0.1) is 11.9 Å². The minimum Gasteiger partial charge on any atom is -0.373 e. The number of H-pyrrole nitrogens is 1. The van der Waals surface area contributed by atoms with E-state index in [4.69, 9.17) is 4.74 Å². The first-order valence-electron chi connectivity index (χ1n) is 5.11. The quantitative estimate of drug-likeness (QED) is 0.771. The van der Waals surface area contributed by atoms with Crippen molar-refractivity contribution < 1.29 is 4.74 Å². The van der Waals surface area contributed by atoms with Crippen molar-refractivity contribution in [2.45, 2.75) is 25.4 Å². The van der Waals surface area contributed by atoms with Gasteiger partial charge in [0.2, 0.25) is 0 Å². The number of nitrogens with one attached hydrogen (secondary N) is 2. The highest BCUT2D eigenvalue weighted by atomic mass is 16.5. The van der Waals surface area contributed by atoms with Gasteiger partial charge >= 0.3 is 0 Å². The summed E-state index contributed by atoms with van der Waals surface area (Å²) in [7, 11) is 0. The molecule has 1 atom stereocenters. The molecule has 1 saturated heterocycles. The average molecular weight is 209 g/mol. The molecule has 15 heavy (non-hydrogen) atoms. The Morgan fingerprint density at radius 3 is 3.27 bits per heavy atom. The molecule has 82 valence electrons.